The van der Waals surface area contributed by atoms with Gasteiger partial charge in [0.1, 0.15) is 12.5 Å². The predicted molar refractivity (Wildman–Crippen MR) is 152 cm³/mol. The monoisotopic (exact) mass is 692 g/mol. The van der Waals surface area contributed by atoms with Gasteiger partial charge in [0.15, 0.2) is 11.5 Å². The van der Waals surface area contributed by atoms with Gasteiger partial charge in [-0.2, -0.15) is 8.78 Å². The summed E-state index contributed by atoms with van der Waals surface area (Å²) < 4.78 is 96.1. The number of alkyl halides is 6. The molecule has 0 aliphatic rings. The topological polar surface area (TPSA) is 81.0 Å². The molecule has 1 heterocycles. The maximum absolute atomic E-state index is 14.6. The number of halogens is 7. The molecule has 44 heavy (non-hydrogen) atoms. The maximum atomic E-state index is 14.6. The van der Waals surface area contributed by atoms with Crippen LogP contribution in [0, 0.1) is 0 Å². The molecule has 1 N–H and O–H groups in total. The molecule has 0 spiro atoms. The summed E-state index contributed by atoms with van der Waals surface area (Å²) in [6, 6.07) is 8.74. The Morgan fingerprint density at radius 1 is 0.977 bits per heavy atom. The molecule has 0 bridgehead atoms. The minimum atomic E-state index is -4.01. The minimum absolute atomic E-state index is 0.0726. The third kappa shape index (κ3) is 6.71. The average molecular weight is 693 g/mol. The van der Waals surface area contributed by atoms with Crippen molar-refractivity contribution >= 4 is 39.1 Å². The molecule has 0 saturated carbocycles. The number of para-hydroxylation sites is 1. The van der Waals surface area contributed by atoms with E-state index in [-0.39, 0.29) is 40.9 Å². The lowest BCUT2D eigenvalue weighted by molar-refractivity contribution is -0.885. The van der Waals surface area contributed by atoms with Gasteiger partial charge in [0, 0.05) is 42.2 Å². The van der Waals surface area contributed by atoms with E-state index in [1.54, 1.807) is 0 Å². The molecule has 238 valence electrons. The quantitative estimate of drug-likeness (QED) is 0.183. The van der Waals surface area contributed by atoms with E-state index in [0.29, 0.717) is 13.0 Å². The molecule has 0 atom stereocenters. The van der Waals surface area contributed by atoms with E-state index < -0.39 is 52.7 Å². The highest BCUT2D eigenvalue weighted by atomic mass is 79.9. The Labute approximate surface area is 257 Å². The normalized spacial score (nSPS) is 12.1. The van der Waals surface area contributed by atoms with Gasteiger partial charge < -0.3 is 19.7 Å². The van der Waals surface area contributed by atoms with Gasteiger partial charge in [-0.05, 0) is 52.7 Å². The number of ether oxygens (including phenoxy) is 2. The lowest BCUT2D eigenvalue weighted by Crippen LogP contribution is -2.53. The number of methoxy groups -OCH3 is 1. The van der Waals surface area contributed by atoms with E-state index in [9.17, 15) is 35.9 Å². The zero-order valence-corrected chi connectivity index (χ0v) is 25.9. The van der Waals surface area contributed by atoms with Gasteiger partial charge in [0.2, 0.25) is 12.4 Å². The maximum Gasteiger partial charge on any atom is 0.387 e. The molecule has 2 amide bonds. The molecule has 8 nitrogen and oxygen atoms in total. The number of amides is 2. The Hall–Kier alpha value is -4.01. The molecule has 0 aliphatic heterocycles. The lowest BCUT2D eigenvalue weighted by atomic mass is 9.72. The molecule has 0 saturated heterocycles. The number of carbonyl (C=O) groups is 2. The first-order chi connectivity index (χ1) is 20.4. The zero-order valence-electron chi connectivity index (χ0n) is 24.4. The number of rotatable bonds is 11. The molecule has 15 heteroatoms. The Morgan fingerprint density at radius 2 is 1.57 bits per heavy atom. The van der Waals surface area contributed by atoms with Gasteiger partial charge in [-0.3, -0.25) is 14.4 Å². The van der Waals surface area contributed by atoms with Crippen LogP contribution >= 0.6 is 15.9 Å². The first-order valence-corrected chi connectivity index (χ1v) is 13.5. The van der Waals surface area contributed by atoms with Crippen LogP contribution in [0.5, 0.6) is 11.5 Å². The van der Waals surface area contributed by atoms with Gasteiger partial charge in [0.25, 0.3) is 23.7 Å². The number of nitrogens with one attached hydrogen (secondary N) is 1. The van der Waals surface area contributed by atoms with Crippen molar-refractivity contribution in [1.29, 1.82) is 0 Å². The van der Waals surface area contributed by atoms with Crippen LogP contribution in [0.25, 0.3) is 0 Å². The van der Waals surface area contributed by atoms with Crippen molar-refractivity contribution in [3.63, 3.8) is 0 Å². The number of hydrogen-bond acceptors (Lipinski definition) is 5. The molecule has 3 aromatic rings. The fraction of sp³-hybridized carbons (Fsp3) is 0.345. The first kappa shape index (κ1) is 34.5. The predicted octanol–water partition coefficient (Wildman–Crippen LogP) is 6.50. The Kier molecular flexibility index (Phi) is 10.1. The van der Waals surface area contributed by atoms with E-state index in [2.05, 4.69) is 26.0 Å². The largest absolute Gasteiger partial charge is 0.494 e. The Bertz CT molecular complexity index is 1510. The number of nitrogens with zero attached hydrogens (tertiary/aromatic N) is 2. The van der Waals surface area contributed by atoms with Gasteiger partial charge in [-0.25, -0.2) is 17.6 Å². The average Bonchev–Trinajstić information content (AvgIpc) is 2.95. The first-order valence-electron chi connectivity index (χ1n) is 12.7. The second-order valence-corrected chi connectivity index (χ2v) is 10.8. The number of aromatic nitrogens is 1. The summed E-state index contributed by atoms with van der Waals surface area (Å²) in [6.07, 6.45) is 3.02. The van der Waals surface area contributed by atoms with E-state index in [1.807, 2.05) is 0 Å². The molecular formula is C29H29BrF6N3O5+. The number of hydrogen-bond donors (Lipinski definition) is 1. The number of anilines is 2. The standard InChI is InChI=1S/C29H28BrF6N3O5/c1-27(28(2,33)34,29(3,35)36)17-14-19(30)22(21(15-17)44-26(31)32)37-24(40)18-8-7-9-20(23(18)42-5)38(4)25(41)16-10-12-39(43-6)13-11-16/h7-15,26H,1-6H3/p+1. The van der Waals surface area contributed by atoms with Crippen molar-refractivity contribution in [1.82, 2.24) is 0 Å². The Morgan fingerprint density at radius 3 is 2.07 bits per heavy atom. The highest BCUT2D eigenvalue weighted by Crippen LogP contribution is 2.52. The molecule has 3 rings (SSSR count). The van der Waals surface area contributed by atoms with E-state index in [4.69, 9.17) is 9.57 Å². The molecule has 0 aliphatic carbocycles. The highest BCUT2D eigenvalue weighted by Gasteiger charge is 2.61. The van der Waals surface area contributed by atoms with E-state index in [0.717, 1.165) is 6.07 Å². The lowest BCUT2D eigenvalue weighted by Gasteiger charge is -2.40. The number of carbonyl (C=O) groups excluding carboxylic acids is 2. The smallest absolute Gasteiger partial charge is 0.387 e. The molecule has 1 aromatic heterocycles. The van der Waals surface area contributed by atoms with Gasteiger partial charge in [-0.1, -0.05) is 6.07 Å². The fourth-order valence-corrected chi connectivity index (χ4v) is 4.96. The summed E-state index contributed by atoms with van der Waals surface area (Å²) in [6.45, 7) is -2.33. The van der Waals surface area contributed by atoms with Crippen molar-refractivity contribution in [3.8, 4) is 11.5 Å². The summed E-state index contributed by atoms with van der Waals surface area (Å²) in [7, 11) is 4.12. The second kappa shape index (κ2) is 12.9. The summed E-state index contributed by atoms with van der Waals surface area (Å²) in [5, 5.41) is 2.35. The van der Waals surface area contributed by atoms with Crippen molar-refractivity contribution in [2.45, 2.75) is 44.6 Å². The SMILES string of the molecule is COc1c(C(=O)Nc2c(Br)cc(C(C)(C(C)(F)F)C(C)(F)F)cc2OC(F)F)cccc1N(C)C(=O)c1cc[n+](OC)cc1. The van der Waals surface area contributed by atoms with Gasteiger partial charge in [0.05, 0.1) is 29.6 Å². The second-order valence-electron chi connectivity index (χ2n) is 9.92. The highest BCUT2D eigenvalue weighted by molar-refractivity contribution is 9.10. The van der Waals surface area contributed by atoms with Crippen LogP contribution < -0.4 is 29.3 Å². The van der Waals surface area contributed by atoms with Gasteiger partial charge in [-0.15, -0.1) is 0 Å². The molecule has 0 fully saturated rings. The summed E-state index contributed by atoms with van der Waals surface area (Å²) in [5.74, 6) is -10.4. The van der Waals surface area contributed by atoms with Crippen LogP contribution in [0.1, 0.15) is 47.1 Å². The van der Waals surface area contributed by atoms with Crippen molar-refractivity contribution in [2.24, 2.45) is 0 Å². The molecular weight excluding hydrogens is 664 g/mol. The van der Waals surface area contributed by atoms with Crippen LogP contribution in [0.15, 0.2) is 59.3 Å². The number of pyridine rings is 1. The van der Waals surface area contributed by atoms with Crippen LogP contribution in [-0.2, 0) is 5.41 Å². The Balaban J connectivity index is 2.07. The summed E-state index contributed by atoms with van der Waals surface area (Å²) in [4.78, 5) is 32.8. The van der Waals surface area contributed by atoms with Crippen LogP contribution in [0.3, 0.4) is 0 Å². The molecule has 0 radical (unpaired) electrons. The number of benzene rings is 2. The summed E-state index contributed by atoms with van der Waals surface area (Å²) >= 11 is 3.02. The third-order valence-corrected chi connectivity index (χ3v) is 7.84. The fourth-order valence-electron chi connectivity index (χ4n) is 4.42. The van der Waals surface area contributed by atoms with E-state index >= 15 is 0 Å². The molecule has 0 unspecified atom stereocenters. The van der Waals surface area contributed by atoms with Crippen molar-refractivity contribution in [2.75, 3.05) is 31.5 Å². The van der Waals surface area contributed by atoms with Crippen molar-refractivity contribution < 1.29 is 55.0 Å². The zero-order chi connectivity index (χ0) is 33.2. The van der Waals surface area contributed by atoms with Crippen LogP contribution in [0.2, 0.25) is 0 Å². The third-order valence-electron chi connectivity index (χ3n) is 7.21. The van der Waals surface area contributed by atoms with Crippen LogP contribution in [0.4, 0.5) is 37.7 Å². The van der Waals surface area contributed by atoms with Gasteiger partial charge >= 0.3 is 6.61 Å². The van der Waals surface area contributed by atoms with E-state index in [1.165, 1.54) is 73.6 Å². The molecule has 2 aromatic carbocycles. The summed E-state index contributed by atoms with van der Waals surface area (Å²) in [5.41, 5.74) is -4.04. The minimum Gasteiger partial charge on any atom is -0.494 e. The van der Waals surface area contributed by atoms with Crippen molar-refractivity contribution in [3.05, 3.63) is 76.0 Å². The van der Waals surface area contributed by atoms with Crippen LogP contribution in [-0.4, -0.2) is 51.5 Å².